The van der Waals surface area contributed by atoms with E-state index in [1.807, 2.05) is 30.3 Å². The van der Waals surface area contributed by atoms with Crippen molar-refractivity contribution in [2.45, 2.75) is 6.42 Å². The molecule has 1 aliphatic heterocycles. The maximum atomic E-state index is 12.4. The van der Waals surface area contributed by atoms with Gasteiger partial charge in [-0.25, -0.2) is 0 Å². The van der Waals surface area contributed by atoms with Crippen molar-refractivity contribution in [1.29, 1.82) is 0 Å². The number of carbonyl (C=O) groups is 1. The smallest absolute Gasteiger partial charge is 0.257 e. The van der Waals surface area contributed by atoms with Crippen molar-refractivity contribution in [3.63, 3.8) is 0 Å². The SMILES string of the molecule is CN(C)CCCN1c2ccncc2NC(=O)c2ccccc21.Cl. The average Bonchev–Trinajstić information content (AvgIpc) is 2.63. The molecule has 0 radical (unpaired) electrons. The van der Waals surface area contributed by atoms with E-state index in [1.54, 1.807) is 12.4 Å². The maximum Gasteiger partial charge on any atom is 0.257 e. The predicted molar refractivity (Wildman–Crippen MR) is 96.1 cm³/mol. The van der Waals surface area contributed by atoms with E-state index in [-0.39, 0.29) is 18.3 Å². The van der Waals surface area contributed by atoms with Crippen molar-refractivity contribution in [3.05, 3.63) is 48.3 Å². The molecule has 3 rings (SSSR count). The summed E-state index contributed by atoms with van der Waals surface area (Å²) in [5.74, 6) is -0.0834. The van der Waals surface area contributed by atoms with Gasteiger partial charge in [0.1, 0.15) is 0 Å². The van der Waals surface area contributed by atoms with E-state index in [0.717, 1.165) is 36.6 Å². The highest BCUT2D eigenvalue weighted by atomic mass is 35.5. The fourth-order valence-electron chi connectivity index (χ4n) is 2.73. The van der Waals surface area contributed by atoms with Gasteiger partial charge in [-0.05, 0) is 45.3 Å². The molecular weight excluding hydrogens is 312 g/mol. The van der Waals surface area contributed by atoms with Crippen LogP contribution in [0.5, 0.6) is 0 Å². The maximum absolute atomic E-state index is 12.4. The number of halogens is 1. The summed E-state index contributed by atoms with van der Waals surface area (Å²) < 4.78 is 0. The molecule has 0 saturated carbocycles. The number of hydrogen-bond acceptors (Lipinski definition) is 4. The molecule has 5 nitrogen and oxygen atoms in total. The number of nitrogens with one attached hydrogen (secondary N) is 1. The van der Waals surface area contributed by atoms with Gasteiger partial charge in [0, 0.05) is 12.7 Å². The van der Waals surface area contributed by atoms with Gasteiger partial charge in [-0.2, -0.15) is 0 Å². The average molecular weight is 333 g/mol. The third-order valence-corrected chi connectivity index (χ3v) is 3.76. The van der Waals surface area contributed by atoms with E-state index in [9.17, 15) is 4.79 Å². The van der Waals surface area contributed by atoms with Crippen molar-refractivity contribution in [3.8, 4) is 0 Å². The van der Waals surface area contributed by atoms with Crippen molar-refractivity contribution < 1.29 is 4.79 Å². The number of fused-ring (bicyclic) bond motifs is 2. The van der Waals surface area contributed by atoms with Gasteiger partial charge >= 0.3 is 0 Å². The van der Waals surface area contributed by atoms with Gasteiger partial charge in [0.25, 0.3) is 5.91 Å². The molecule has 122 valence electrons. The van der Waals surface area contributed by atoms with Crippen molar-refractivity contribution in [1.82, 2.24) is 9.88 Å². The third kappa shape index (κ3) is 3.63. The first-order valence-corrected chi connectivity index (χ1v) is 7.43. The summed E-state index contributed by atoms with van der Waals surface area (Å²) in [6, 6.07) is 9.68. The number of amides is 1. The molecule has 1 N–H and O–H groups in total. The number of para-hydroxylation sites is 1. The first kappa shape index (κ1) is 17.2. The van der Waals surface area contributed by atoms with E-state index in [4.69, 9.17) is 0 Å². The standard InChI is InChI=1S/C17H20N4O.ClH/c1-20(2)10-5-11-21-15-7-4-3-6-13(15)17(22)19-14-12-18-9-8-16(14)21;/h3-4,6-9,12H,5,10-11H2,1-2H3,(H,19,22);1H. The van der Waals surface area contributed by atoms with Crippen LogP contribution in [0.4, 0.5) is 17.1 Å². The Morgan fingerprint density at radius 3 is 2.74 bits per heavy atom. The molecule has 0 spiro atoms. The Bertz CT molecular complexity index is 690. The summed E-state index contributed by atoms with van der Waals surface area (Å²) in [7, 11) is 4.14. The second-order valence-electron chi connectivity index (χ2n) is 5.67. The lowest BCUT2D eigenvalue weighted by Crippen LogP contribution is -2.23. The second kappa shape index (κ2) is 7.44. The molecule has 0 atom stereocenters. The molecule has 1 aliphatic rings. The molecule has 1 aromatic carbocycles. The highest BCUT2D eigenvalue weighted by molar-refractivity contribution is 6.12. The third-order valence-electron chi connectivity index (χ3n) is 3.76. The van der Waals surface area contributed by atoms with Gasteiger partial charge in [0.05, 0.1) is 28.8 Å². The van der Waals surface area contributed by atoms with Crippen molar-refractivity contribution in [2.24, 2.45) is 0 Å². The Hall–Kier alpha value is -2.11. The molecule has 2 heterocycles. The summed E-state index contributed by atoms with van der Waals surface area (Å²) in [6.07, 6.45) is 4.48. The number of hydrogen-bond donors (Lipinski definition) is 1. The summed E-state index contributed by atoms with van der Waals surface area (Å²) in [6.45, 7) is 1.85. The van der Waals surface area contributed by atoms with E-state index >= 15 is 0 Å². The first-order valence-electron chi connectivity index (χ1n) is 7.43. The summed E-state index contributed by atoms with van der Waals surface area (Å²) in [4.78, 5) is 20.9. The number of anilines is 3. The topological polar surface area (TPSA) is 48.5 Å². The lowest BCUT2D eigenvalue weighted by molar-refractivity contribution is 0.102. The van der Waals surface area contributed by atoms with E-state index in [2.05, 4.69) is 34.2 Å². The van der Waals surface area contributed by atoms with Gasteiger partial charge < -0.3 is 15.1 Å². The summed E-state index contributed by atoms with van der Waals surface area (Å²) in [5, 5.41) is 2.95. The Balaban J connectivity index is 0.00000192. The quantitative estimate of drug-likeness (QED) is 0.934. The molecule has 6 heteroatoms. The van der Waals surface area contributed by atoms with Crippen molar-refractivity contribution >= 4 is 35.4 Å². The number of nitrogens with zero attached hydrogens (tertiary/aromatic N) is 3. The second-order valence-corrected chi connectivity index (χ2v) is 5.67. The Morgan fingerprint density at radius 1 is 1.17 bits per heavy atom. The minimum absolute atomic E-state index is 0. The highest BCUT2D eigenvalue weighted by Crippen LogP contribution is 2.37. The van der Waals surface area contributed by atoms with E-state index in [0.29, 0.717) is 5.56 Å². The van der Waals surface area contributed by atoms with Crippen LogP contribution in [-0.2, 0) is 0 Å². The minimum Gasteiger partial charge on any atom is -0.339 e. The van der Waals surface area contributed by atoms with Crippen LogP contribution in [0.3, 0.4) is 0 Å². The molecule has 1 amide bonds. The van der Waals surface area contributed by atoms with Crippen LogP contribution in [0.15, 0.2) is 42.7 Å². The van der Waals surface area contributed by atoms with Gasteiger partial charge in [0.15, 0.2) is 0 Å². The fourth-order valence-corrected chi connectivity index (χ4v) is 2.73. The van der Waals surface area contributed by atoms with Gasteiger partial charge in [0.2, 0.25) is 0 Å². The predicted octanol–water partition coefficient (Wildman–Crippen LogP) is 3.16. The fraction of sp³-hybridized carbons (Fsp3) is 0.294. The Kier molecular flexibility index (Phi) is 5.58. The number of carbonyl (C=O) groups excluding carboxylic acids is 1. The molecule has 0 fully saturated rings. The van der Waals surface area contributed by atoms with Crippen LogP contribution in [0.1, 0.15) is 16.8 Å². The molecule has 23 heavy (non-hydrogen) atoms. The minimum atomic E-state index is -0.0834. The van der Waals surface area contributed by atoms with Gasteiger partial charge in [-0.3, -0.25) is 9.78 Å². The Labute approximate surface area is 142 Å². The lowest BCUT2D eigenvalue weighted by Gasteiger charge is -2.26. The normalized spacial score (nSPS) is 12.8. The lowest BCUT2D eigenvalue weighted by atomic mass is 10.1. The number of aromatic nitrogens is 1. The molecule has 0 unspecified atom stereocenters. The van der Waals surface area contributed by atoms with Gasteiger partial charge in [-0.15, -0.1) is 12.4 Å². The zero-order valence-electron chi connectivity index (χ0n) is 13.3. The van der Waals surface area contributed by atoms with Crippen LogP contribution < -0.4 is 10.2 Å². The van der Waals surface area contributed by atoms with Crippen molar-refractivity contribution in [2.75, 3.05) is 37.4 Å². The number of pyridine rings is 1. The van der Waals surface area contributed by atoms with Crippen LogP contribution in [-0.4, -0.2) is 43.0 Å². The molecule has 0 bridgehead atoms. The first-order chi connectivity index (χ1) is 10.7. The Morgan fingerprint density at radius 2 is 1.96 bits per heavy atom. The summed E-state index contributed by atoms with van der Waals surface area (Å²) in [5.41, 5.74) is 3.40. The molecule has 1 aromatic heterocycles. The molecule has 0 aliphatic carbocycles. The molecular formula is C17H21ClN4O. The van der Waals surface area contributed by atoms with Crippen LogP contribution in [0.25, 0.3) is 0 Å². The zero-order valence-corrected chi connectivity index (χ0v) is 14.1. The number of benzene rings is 1. The number of rotatable bonds is 4. The summed E-state index contributed by atoms with van der Waals surface area (Å²) >= 11 is 0. The monoisotopic (exact) mass is 332 g/mol. The largest absolute Gasteiger partial charge is 0.339 e. The van der Waals surface area contributed by atoms with Crippen LogP contribution >= 0.6 is 12.4 Å². The van der Waals surface area contributed by atoms with Crippen LogP contribution in [0.2, 0.25) is 0 Å². The highest BCUT2D eigenvalue weighted by Gasteiger charge is 2.24. The zero-order chi connectivity index (χ0) is 15.5. The van der Waals surface area contributed by atoms with Gasteiger partial charge in [-0.1, -0.05) is 12.1 Å². The van der Waals surface area contributed by atoms with E-state index in [1.165, 1.54) is 0 Å². The van der Waals surface area contributed by atoms with E-state index < -0.39 is 0 Å². The molecule has 2 aromatic rings. The van der Waals surface area contributed by atoms with Crippen LogP contribution in [0, 0.1) is 0 Å². The molecule has 0 saturated heterocycles.